The lowest BCUT2D eigenvalue weighted by Gasteiger charge is -2.26. The lowest BCUT2D eigenvalue weighted by atomic mass is 10.0. The molecule has 4 aromatic rings. The highest BCUT2D eigenvalue weighted by Crippen LogP contribution is 2.35. The molecule has 14 nitrogen and oxygen atoms in total. The number of sulfonamides is 2. The molecule has 2 heterocycles. The second kappa shape index (κ2) is 15.8. The van der Waals surface area contributed by atoms with Gasteiger partial charge in [0.25, 0.3) is 11.8 Å². The number of methoxy groups -OCH3 is 2. The van der Waals surface area contributed by atoms with Crippen molar-refractivity contribution >= 4 is 43.2 Å². The zero-order chi connectivity index (χ0) is 36.9. The smallest absolute Gasteiger partial charge is 0.255 e. The lowest BCUT2D eigenvalue weighted by Crippen LogP contribution is -2.40. The molecule has 0 saturated carbocycles. The van der Waals surface area contributed by atoms with Crippen LogP contribution in [0.15, 0.2) is 94.7 Å². The van der Waals surface area contributed by atoms with E-state index in [-0.39, 0.29) is 47.1 Å². The molecule has 16 heteroatoms. The molecule has 0 bridgehead atoms. The second-order valence-corrected chi connectivity index (χ2v) is 15.7. The fourth-order valence-electron chi connectivity index (χ4n) is 5.77. The molecule has 0 unspecified atom stereocenters. The number of ether oxygens (including phenoxy) is 4. The standard InChI is InChI=1S/C36H38N4O10S2/c1-47-33-23-27(7-13-31(33)37-35(41)25-3-9-29(10-4-25)51(43,44)39-15-19-49-20-16-39)28-8-14-32(34(24-28)48-2)38-36(42)26-5-11-30(12-6-26)52(45,46)40-17-21-50-22-18-40/h3-14,23-24H,15-22H2,1-2H3,(H,37,41)(H,38,42). The van der Waals surface area contributed by atoms with Crippen LogP contribution in [-0.4, -0.2) is 104 Å². The molecule has 0 spiro atoms. The number of carbonyl (C=O) groups is 2. The zero-order valence-corrected chi connectivity index (χ0v) is 30.2. The number of benzene rings is 4. The Bertz CT molecular complexity index is 1990. The largest absolute Gasteiger partial charge is 0.495 e. The predicted octanol–water partition coefficient (Wildman–Crippen LogP) is 3.92. The van der Waals surface area contributed by atoms with E-state index in [0.717, 1.165) is 11.1 Å². The van der Waals surface area contributed by atoms with E-state index in [9.17, 15) is 26.4 Å². The summed E-state index contributed by atoms with van der Waals surface area (Å²) in [7, 11) is -4.43. The summed E-state index contributed by atoms with van der Waals surface area (Å²) in [6.45, 7) is 2.44. The van der Waals surface area contributed by atoms with E-state index >= 15 is 0 Å². The van der Waals surface area contributed by atoms with Gasteiger partial charge in [0.05, 0.1) is 61.8 Å². The maximum Gasteiger partial charge on any atom is 0.255 e. The number of carbonyl (C=O) groups excluding carboxylic acids is 2. The topological polar surface area (TPSA) is 170 Å². The molecular weight excluding hydrogens is 713 g/mol. The van der Waals surface area contributed by atoms with Gasteiger partial charge in [-0.1, -0.05) is 12.1 Å². The third kappa shape index (κ3) is 7.96. The molecule has 0 aliphatic carbocycles. The summed E-state index contributed by atoms with van der Waals surface area (Å²) in [5, 5.41) is 5.64. The molecule has 6 rings (SSSR count). The highest BCUT2D eigenvalue weighted by Gasteiger charge is 2.28. The fourth-order valence-corrected chi connectivity index (χ4v) is 8.58. The molecule has 2 amide bonds. The first-order valence-corrected chi connectivity index (χ1v) is 19.2. The number of amides is 2. The third-order valence-electron chi connectivity index (χ3n) is 8.68. The molecule has 0 atom stereocenters. The van der Waals surface area contributed by atoms with Gasteiger partial charge in [0.15, 0.2) is 0 Å². The van der Waals surface area contributed by atoms with Crippen LogP contribution >= 0.6 is 0 Å². The molecule has 2 fully saturated rings. The third-order valence-corrected chi connectivity index (χ3v) is 12.5. The highest BCUT2D eigenvalue weighted by molar-refractivity contribution is 7.89. The van der Waals surface area contributed by atoms with E-state index in [1.54, 1.807) is 36.4 Å². The van der Waals surface area contributed by atoms with Crippen LogP contribution < -0.4 is 20.1 Å². The molecule has 2 aliphatic heterocycles. The number of nitrogens with zero attached hydrogens (tertiary/aromatic N) is 2. The molecule has 274 valence electrons. The van der Waals surface area contributed by atoms with Gasteiger partial charge in [-0.25, -0.2) is 16.8 Å². The van der Waals surface area contributed by atoms with Crippen LogP contribution in [0.3, 0.4) is 0 Å². The van der Waals surface area contributed by atoms with E-state index in [1.807, 2.05) is 0 Å². The van der Waals surface area contributed by atoms with Crippen LogP contribution in [-0.2, 0) is 29.5 Å². The Hall–Kier alpha value is -4.84. The van der Waals surface area contributed by atoms with E-state index in [1.165, 1.54) is 71.4 Å². The van der Waals surface area contributed by atoms with Crippen LogP contribution in [0.25, 0.3) is 11.1 Å². The van der Waals surface area contributed by atoms with Crippen molar-refractivity contribution in [3.63, 3.8) is 0 Å². The number of anilines is 2. The molecule has 2 aliphatic rings. The predicted molar refractivity (Wildman–Crippen MR) is 193 cm³/mol. The Labute approximate surface area is 302 Å². The van der Waals surface area contributed by atoms with Gasteiger partial charge >= 0.3 is 0 Å². The SMILES string of the molecule is COc1cc(-c2ccc(NC(=O)c3ccc(S(=O)(=O)N4CCOCC4)cc3)c(OC)c2)ccc1NC(=O)c1ccc(S(=O)(=O)N2CCOCC2)cc1. The number of hydrogen-bond donors (Lipinski definition) is 2. The normalized spacial score (nSPS) is 15.8. The Morgan fingerprint density at radius 1 is 0.558 bits per heavy atom. The minimum absolute atomic E-state index is 0.0975. The zero-order valence-electron chi connectivity index (χ0n) is 28.5. The summed E-state index contributed by atoms with van der Waals surface area (Å²) in [5.74, 6) is -0.131. The van der Waals surface area contributed by atoms with E-state index in [2.05, 4.69) is 10.6 Å². The molecular formula is C36H38N4O10S2. The highest BCUT2D eigenvalue weighted by atomic mass is 32.2. The minimum Gasteiger partial charge on any atom is -0.495 e. The van der Waals surface area contributed by atoms with Crippen LogP contribution in [0.5, 0.6) is 11.5 Å². The molecule has 4 aromatic carbocycles. The average molecular weight is 751 g/mol. The van der Waals surface area contributed by atoms with E-state index in [4.69, 9.17) is 18.9 Å². The van der Waals surface area contributed by atoms with Gasteiger partial charge in [-0.05, 0) is 83.9 Å². The lowest BCUT2D eigenvalue weighted by molar-refractivity contribution is 0.0730. The number of nitrogens with one attached hydrogen (secondary N) is 2. The van der Waals surface area contributed by atoms with Gasteiger partial charge in [-0.2, -0.15) is 8.61 Å². The number of hydrogen-bond acceptors (Lipinski definition) is 10. The molecule has 2 N–H and O–H groups in total. The Kier molecular flexibility index (Phi) is 11.2. The summed E-state index contributed by atoms with van der Waals surface area (Å²) in [4.78, 5) is 26.4. The Morgan fingerprint density at radius 2 is 0.904 bits per heavy atom. The first-order chi connectivity index (χ1) is 25.0. The van der Waals surface area contributed by atoms with Crippen LogP contribution in [0.1, 0.15) is 20.7 Å². The van der Waals surface area contributed by atoms with Crippen LogP contribution in [0, 0.1) is 0 Å². The molecule has 52 heavy (non-hydrogen) atoms. The fraction of sp³-hybridized carbons (Fsp3) is 0.278. The van der Waals surface area contributed by atoms with Crippen LogP contribution in [0.4, 0.5) is 11.4 Å². The Morgan fingerprint density at radius 3 is 1.23 bits per heavy atom. The number of morpholine rings is 2. The maximum absolute atomic E-state index is 13.1. The second-order valence-electron chi connectivity index (χ2n) is 11.8. The summed E-state index contributed by atoms with van der Waals surface area (Å²) in [6.07, 6.45) is 0. The van der Waals surface area contributed by atoms with Crippen molar-refractivity contribution in [3.8, 4) is 22.6 Å². The van der Waals surface area contributed by atoms with Gasteiger partial charge < -0.3 is 29.6 Å². The average Bonchev–Trinajstić information content (AvgIpc) is 3.19. The summed E-state index contributed by atoms with van der Waals surface area (Å²) < 4.78 is 76.2. The first kappa shape index (κ1) is 36.9. The molecule has 0 aromatic heterocycles. The Balaban J connectivity index is 1.12. The van der Waals surface area contributed by atoms with Gasteiger partial charge in [0.2, 0.25) is 20.0 Å². The van der Waals surface area contributed by atoms with Crippen LogP contribution in [0.2, 0.25) is 0 Å². The maximum atomic E-state index is 13.1. The van der Waals surface area contributed by atoms with Gasteiger partial charge in [0, 0.05) is 37.3 Å². The molecule has 2 saturated heterocycles. The van der Waals surface area contributed by atoms with Crippen molar-refractivity contribution in [2.75, 3.05) is 77.5 Å². The minimum atomic E-state index is -3.69. The van der Waals surface area contributed by atoms with E-state index in [0.29, 0.717) is 49.3 Å². The summed E-state index contributed by atoms with van der Waals surface area (Å²) in [6, 6.07) is 21.9. The van der Waals surface area contributed by atoms with Crippen molar-refractivity contribution < 1.29 is 45.4 Å². The van der Waals surface area contributed by atoms with Crippen molar-refractivity contribution in [2.45, 2.75) is 9.79 Å². The monoisotopic (exact) mass is 750 g/mol. The molecule has 0 radical (unpaired) electrons. The van der Waals surface area contributed by atoms with E-state index < -0.39 is 31.9 Å². The van der Waals surface area contributed by atoms with Gasteiger partial charge in [-0.15, -0.1) is 0 Å². The number of rotatable bonds is 11. The summed E-state index contributed by atoms with van der Waals surface area (Å²) >= 11 is 0. The summed E-state index contributed by atoms with van der Waals surface area (Å²) in [5.41, 5.74) is 2.81. The van der Waals surface area contributed by atoms with Crippen molar-refractivity contribution in [2.24, 2.45) is 0 Å². The van der Waals surface area contributed by atoms with Gasteiger partial charge in [-0.3, -0.25) is 9.59 Å². The van der Waals surface area contributed by atoms with Crippen molar-refractivity contribution in [3.05, 3.63) is 96.1 Å². The van der Waals surface area contributed by atoms with Crippen molar-refractivity contribution in [1.29, 1.82) is 0 Å². The quantitative estimate of drug-likeness (QED) is 0.229. The van der Waals surface area contributed by atoms with Gasteiger partial charge in [0.1, 0.15) is 11.5 Å². The first-order valence-electron chi connectivity index (χ1n) is 16.4. The van der Waals surface area contributed by atoms with Crippen molar-refractivity contribution in [1.82, 2.24) is 8.61 Å².